The fourth-order valence-corrected chi connectivity index (χ4v) is 2.52. The molecule has 1 aromatic carbocycles. The van der Waals surface area contributed by atoms with Crippen LogP contribution < -0.4 is 5.32 Å². The first-order valence-electron chi connectivity index (χ1n) is 7.18. The molecular weight excluding hydrogens is 248 g/mol. The van der Waals surface area contributed by atoms with Crippen LogP contribution in [0.3, 0.4) is 0 Å². The number of fused-ring (bicyclic) bond motifs is 1. The predicted octanol–water partition coefficient (Wildman–Crippen LogP) is 3.02. The highest BCUT2D eigenvalue weighted by atomic mass is 15.2. The molecule has 1 atom stereocenters. The van der Waals surface area contributed by atoms with Crippen LogP contribution in [-0.4, -0.2) is 41.8 Å². The maximum Gasteiger partial charge on any atom is 0.156 e. The van der Waals surface area contributed by atoms with Crippen molar-refractivity contribution >= 4 is 16.6 Å². The first-order chi connectivity index (χ1) is 9.56. The molecule has 0 aliphatic rings. The lowest BCUT2D eigenvalue weighted by molar-refractivity contribution is 0.356. The first kappa shape index (κ1) is 14.7. The molecule has 0 aliphatic carbocycles. The Morgan fingerprint density at radius 2 is 1.95 bits per heavy atom. The number of likely N-dealkylation sites (N-methyl/N-ethyl adjacent to an activating group) is 1. The van der Waals surface area contributed by atoms with Crippen molar-refractivity contribution in [2.24, 2.45) is 5.92 Å². The fraction of sp³-hybridized carbons (Fsp3) is 0.500. The van der Waals surface area contributed by atoms with Gasteiger partial charge in [-0.15, -0.1) is 5.10 Å². The Morgan fingerprint density at radius 1 is 1.20 bits per heavy atom. The van der Waals surface area contributed by atoms with Gasteiger partial charge >= 0.3 is 0 Å². The molecule has 0 spiro atoms. The van der Waals surface area contributed by atoms with Crippen LogP contribution in [0.4, 0.5) is 5.82 Å². The molecule has 0 radical (unpaired) electrons. The summed E-state index contributed by atoms with van der Waals surface area (Å²) in [7, 11) is 4.20. The summed E-state index contributed by atoms with van der Waals surface area (Å²) < 4.78 is 0. The highest BCUT2D eigenvalue weighted by Crippen LogP contribution is 2.21. The summed E-state index contributed by atoms with van der Waals surface area (Å²) in [5.74, 6) is 1.53. The third kappa shape index (κ3) is 3.90. The molecule has 4 heteroatoms. The van der Waals surface area contributed by atoms with Gasteiger partial charge in [0, 0.05) is 23.4 Å². The topological polar surface area (TPSA) is 41.0 Å². The predicted molar refractivity (Wildman–Crippen MR) is 85.0 cm³/mol. The lowest BCUT2D eigenvalue weighted by atomic mass is 10.0. The van der Waals surface area contributed by atoms with E-state index in [1.165, 1.54) is 0 Å². The molecule has 1 N–H and O–H groups in total. The average Bonchev–Trinajstić information content (AvgIpc) is 2.37. The third-order valence-electron chi connectivity index (χ3n) is 3.25. The smallest absolute Gasteiger partial charge is 0.156 e. The van der Waals surface area contributed by atoms with Gasteiger partial charge in [0.15, 0.2) is 5.82 Å². The Kier molecular flexibility index (Phi) is 4.90. The molecule has 0 aliphatic heterocycles. The number of benzene rings is 1. The quantitative estimate of drug-likeness (QED) is 0.877. The summed E-state index contributed by atoms with van der Waals surface area (Å²) in [6.07, 6.45) is 2.92. The van der Waals surface area contributed by atoms with Gasteiger partial charge in [-0.25, -0.2) is 0 Å². The molecule has 0 saturated carbocycles. The van der Waals surface area contributed by atoms with E-state index in [-0.39, 0.29) is 0 Å². The van der Waals surface area contributed by atoms with Crippen molar-refractivity contribution in [2.75, 3.05) is 26.0 Å². The van der Waals surface area contributed by atoms with Crippen LogP contribution in [0.25, 0.3) is 10.8 Å². The van der Waals surface area contributed by atoms with Crippen LogP contribution in [-0.2, 0) is 0 Å². The van der Waals surface area contributed by atoms with E-state index in [1.807, 2.05) is 18.3 Å². The van der Waals surface area contributed by atoms with Crippen molar-refractivity contribution in [1.82, 2.24) is 15.1 Å². The molecule has 0 bridgehead atoms. The highest BCUT2D eigenvalue weighted by molar-refractivity contribution is 5.90. The molecule has 1 unspecified atom stereocenters. The van der Waals surface area contributed by atoms with Crippen molar-refractivity contribution in [3.05, 3.63) is 30.5 Å². The SMILES string of the molecule is CC(C)CC(CN(C)C)Nc1nncc2ccccc12. The molecule has 2 aromatic rings. The molecule has 0 amide bonds. The Morgan fingerprint density at radius 3 is 2.65 bits per heavy atom. The van der Waals surface area contributed by atoms with Gasteiger partial charge in [-0.05, 0) is 26.4 Å². The zero-order valence-corrected chi connectivity index (χ0v) is 12.8. The Hall–Kier alpha value is -1.68. The van der Waals surface area contributed by atoms with Gasteiger partial charge in [-0.2, -0.15) is 5.10 Å². The van der Waals surface area contributed by atoms with Crippen molar-refractivity contribution < 1.29 is 0 Å². The molecule has 1 aromatic heterocycles. The lowest BCUT2D eigenvalue weighted by Crippen LogP contribution is -2.33. The molecular formula is C16H24N4. The highest BCUT2D eigenvalue weighted by Gasteiger charge is 2.14. The summed E-state index contributed by atoms with van der Waals surface area (Å²) in [5.41, 5.74) is 0. The number of nitrogens with zero attached hydrogens (tertiary/aromatic N) is 3. The second-order valence-corrected chi connectivity index (χ2v) is 6.01. The third-order valence-corrected chi connectivity index (χ3v) is 3.25. The monoisotopic (exact) mass is 272 g/mol. The van der Waals surface area contributed by atoms with Gasteiger partial charge in [-0.3, -0.25) is 0 Å². The van der Waals surface area contributed by atoms with Crippen LogP contribution in [0, 0.1) is 5.92 Å². The molecule has 0 fully saturated rings. The van der Waals surface area contributed by atoms with E-state index in [0.29, 0.717) is 12.0 Å². The fourth-order valence-electron chi connectivity index (χ4n) is 2.52. The zero-order chi connectivity index (χ0) is 14.5. The number of nitrogens with one attached hydrogen (secondary N) is 1. The van der Waals surface area contributed by atoms with Crippen LogP contribution in [0.5, 0.6) is 0 Å². The van der Waals surface area contributed by atoms with Crippen molar-refractivity contribution in [3.8, 4) is 0 Å². The van der Waals surface area contributed by atoms with E-state index in [9.17, 15) is 0 Å². The minimum Gasteiger partial charge on any atom is -0.364 e. The van der Waals surface area contributed by atoms with Crippen LogP contribution >= 0.6 is 0 Å². The zero-order valence-electron chi connectivity index (χ0n) is 12.8. The van der Waals surface area contributed by atoms with Gasteiger partial charge in [-0.1, -0.05) is 38.1 Å². The lowest BCUT2D eigenvalue weighted by Gasteiger charge is -2.24. The van der Waals surface area contributed by atoms with Gasteiger partial charge in [0.2, 0.25) is 0 Å². The van der Waals surface area contributed by atoms with E-state index in [2.05, 4.69) is 60.5 Å². The maximum absolute atomic E-state index is 4.28. The van der Waals surface area contributed by atoms with Gasteiger partial charge in [0.25, 0.3) is 0 Å². The Bertz CT molecular complexity index is 536. The number of hydrogen-bond acceptors (Lipinski definition) is 4. The number of hydrogen-bond donors (Lipinski definition) is 1. The van der Waals surface area contributed by atoms with Gasteiger partial charge in [0.1, 0.15) is 0 Å². The standard InChI is InChI=1S/C16H24N4/c1-12(2)9-14(11-20(3)4)18-16-15-8-6-5-7-13(15)10-17-19-16/h5-8,10,12,14H,9,11H2,1-4H3,(H,18,19). The van der Waals surface area contributed by atoms with E-state index in [0.717, 1.165) is 29.6 Å². The molecule has 20 heavy (non-hydrogen) atoms. The summed E-state index contributed by atoms with van der Waals surface area (Å²) in [6, 6.07) is 8.61. The summed E-state index contributed by atoms with van der Waals surface area (Å²) in [5, 5.41) is 14.2. The first-order valence-corrected chi connectivity index (χ1v) is 7.18. The molecule has 0 saturated heterocycles. The van der Waals surface area contributed by atoms with E-state index in [4.69, 9.17) is 0 Å². The van der Waals surface area contributed by atoms with Gasteiger partial charge in [0.05, 0.1) is 6.20 Å². The second kappa shape index (κ2) is 6.66. The molecule has 2 rings (SSSR count). The van der Waals surface area contributed by atoms with Crippen molar-refractivity contribution in [1.29, 1.82) is 0 Å². The largest absolute Gasteiger partial charge is 0.364 e. The molecule has 4 nitrogen and oxygen atoms in total. The van der Waals surface area contributed by atoms with E-state index in [1.54, 1.807) is 0 Å². The van der Waals surface area contributed by atoms with Crippen LogP contribution in [0.2, 0.25) is 0 Å². The summed E-state index contributed by atoms with van der Waals surface area (Å²) >= 11 is 0. The van der Waals surface area contributed by atoms with Gasteiger partial charge < -0.3 is 10.2 Å². The maximum atomic E-state index is 4.28. The minimum atomic E-state index is 0.380. The molecule has 1 heterocycles. The molecule has 108 valence electrons. The number of aromatic nitrogens is 2. The van der Waals surface area contributed by atoms with E-state index >= 15 is 0 Å². The van der Waals surface area contributed by atoms with Crippen LogP contribution in [0.1, 0.15) is 20.3 Å². The van der Waals surface area contributed by atoms with Crippen molar-refractivity contribution in [3.63, 3.8) is 0 Å². The Balaban J connectivity index is 2.23. The normalized spacial score (nSPS) is 13.1. The number of anilines is 1. The summed E-state index contributed by atoms with van der Waals surface area (Å²) in [6.45, 7) is 5.49. The van der Waals surface area contributed by atoms with Crippen molar-refractivity contribution in [2.45, 2.75) is 26.3 Å². The number of rotatable bonds is 6. The average molecular weight is 272 g/mol. The Labute approximate surface area is 121 Å². The summed E-state index contributed by atoms with van der Waals surface area (Å²) in [4.78, 5) is 2.21. The van der Waals surface area contributed by atoms with E-state index < -0.39 is 0 Å². The second-order valence-electron chi connectivity index (χ2n) is 6.01. The minimum absolute atomic E-state index is 0.380. The van der Waals surface area contributed by atoms with Crippen LogP contribution in [0.15, 0.2) is 30.5 Å².